The number of hydrogen-bond donors (Lipinski definition) is 1. The highest BCUT2D eigenvalue weighted by Crippen LogP contribution is 2.22. The minimum atomic E-state index is -0.787. The molecule has 0 heterocycles. The van der Waals surface area contributed by atoms with Gasteiger partial charge in [-0.2, -0.15) is 10.2 Å². The van der Waals surface area contributed by atoms with Crippen LogP contribution >= 0.6 is 0 Å². The summed E-state index contributed by atoms with van der Waals surface area (Å²) in [4.78, 5) is 10.7. The van der Waals surface area contributed by atoms with Gasteiger partial charge in [-0.1, -0.05) is 30.3 Å². The van der Waals surface area contributed by atoms with Gasteiger partial charge in [-0.25, -0.2) is 4.79 Å². The SMILES string of the molecule is CC(OC(N)=O)c1ccc(N=Nc2ccccc2)cc1. The molecule has 0 saturated heterocycles. The van der Waals surface area contributed by atoms with E-state index in [1.165, 1.54) is 0 Å². The summed E-state index contributed by atoms with van der Waals surface area (Å²) < 4.78 is 4.89. The van der Waals surface area contributed by atoms with Gasteiger partial charge in [0.1, 0.15) is 6.10 Å². The zero-order valence-electron chi connectivity index (χ0n) is 11.1. The van der Waals surface area contributed by atoms with E-state index >= 15 is 0 Å². The molecule has 0 aliphatic rings. The monoisotopic (exact) mass is 269 g/mol. The van der Waals surface area contributed by atoms with Gasteiger partial charge in [-0.05, 0) is 36.8 Å². The van der Waals surface area contributed by atoms with Gasteiger partial charge in [0.15, 0.2) is 0 Å². The third kappa shape index (κ3) is 3.91. The normalized spacial score (nSPS) is 12.2. The molecule has 0 aliphatic carbocycles. The van der Waals surface area contributed by atoms with E-state index in [1.54, 1.807) is 6.92 Å². The van der Waals surface area contributed by atoms with Crippen molar-refractivity contribution in [1.82, 2.24) is 0 Å². The highest BCUT2D eigenvalue weighted by molar-refractivity contribution is 5.65. The highest BCUT2D eigenvalue weighted by Gasteiger charge is 2.08. The molecule has 5 heteroatoms. The van der Waals surface area contributed by atoms with Gasteiger partial charge in [0.25, 0.3) is 0 Å². The van der Waals surface area contributed by atoms with E-state index in [0.717, 1.165) is 16.9 Å². The number of carbonyl (C=O) groups is 1. The van der Waals surface area contributed by atoms with Gasteiger partial charge < -0.3 is 10.5 Å². The molecule has 20 heavy (non-hydrogen) atoms. The number of rotatable bonds is 4. The smallest absolute Gasteiger partial charge is 0.405 e. The van der Waals surface area contributed by atoms with Crippen LogP contribution in [0.15, 0.2) is 64.8 Å². The molecule has 1 atom stereocenters. The van der Waals surface area contributed by atoms with Crippen molar-refractivity contribution in [2.24, 2.45) is 16.0 Å². The lowest BCUT2D eigenvalue weighted by Gasteiger charge is -2.11. The molecule has 2 aromatic carbocycles. The Morgan fingerprint density at radius 2 is 1.55 bits per heavy atom. The Bertz CT molecular complexity index is 594. The minimum Gasteiger partial charge on any atom is -0.442 e. The number of carbonyl (C=O) groups excluding carboxylic acids is 1. The summed E-state index contributed by atoms with van der Waals surface area (Å²) in [5, 5.41) is 8.25. The summed E-state index contributed by atoms with van der Waals surface area (Å²) in [7, 11) is 0. The van der Waals surface area contributed by atoms with Crippen LogP contribution in [0.4, 0.5) is 16.2 Å². The number of azo groups is 1. The maximum absolute atomic E-state index is 10.7. The molecule has 0 spiro atoms. The van der Waals surface area contributed by atoms with Crippen LogP contribution in [-0.2, 0) is 4.74 Å². The Morgan fingerprint density at radius 1 is 1.00 bits per heavy atom. The summed E-state index contributed by atoms with van der Waals surface area (Å²) in [6.07, 6.45) is -1.17. The number of ether oxygens (including phenoxy) is 1. The minimum absolute atomic E-state index is 0.382. The number of hydrogen-bond acceptors (Lipinski definition) is 4. The Morgan fingerprint density at radius 3 is 2.10 bits per heavy atom. The first-order chi connectivity index (χ1) is 9.65. The van der Waals surface area contributed by atoms with E-state index in [9.17, 15) is 4.79 Å². The number of nitrogens with zero attached hydrogens (tertiary/aromatic N) is 2. The number of amides is 1. The van der Waals surface area contributed by atoms with E-state index in [-0.39, 0.29) is 6.10 Å². The van der Waals surface area contributed by atoms with Gasteiger partial charge in [0.2, 0.25) is 0 Å². The summed E-state index contributed by atoms with van der Waals surface area (Å²) in [5.41, 5.74) is 7.35. The second-order valence-electron chi connectivity index (χ2n) is 4.21. The fraction of sp³-hybridized carbons (Fsp3) is 0.133. The predicted octanol–water partition coefficient (Wildman–Crippen LogP) is 4.26. The van der Waals surface area contributed by atoms with Crippen molar-refractivity contribution in [2.45, 2.75) is 13.0 Å². The summed E-state index contributed by atoms with van der Waals surface area (Å²) in [5.74, 6) is 0. The Kier molecular flexibility index (Phi) is 4.44. The molecule has 102 valence electrons. The van der Waals surface area contributed by atoms with Crippen LogP contribution in [0.2, 0.25) is 0 Å². The lowest BCUT2D eigenvalue weighted by Crippen LogP contribution is -2.15. The number of benzene rings is 2. The molecule has 2 rings (SSSR count). The molecule has 2 N–H and O–H groups in total. The number of primary amides is 1. The first kappa shape index (κ1) is 13.7. The first-order valence-corrected chi connectivity index (χ1v) is 6.18. The Balaban J connectivity index is 2.05. The summed E-state index contributed by atoms with van der Waals surface area (Å²) in [6, 6.07) is 16.8. The van der Waals surface area contributed by atoms with Crippen molar-refractivity contribution in [2.75, 3.05) is 0 Å². The summed E-state index contributed by atoms with van der Waals surface area (Å²) >= 11 is 0. The fourth-order valence-corrected chi connectivity index (χ4v) is 1.66. The maximum atomic E-state index is 10.7. The Hall–Kier alpha value is -2.69. The van der Waals surface area contributed by atoms with Gasteiger partial charge in [-0.3, -0.25) is 0 Å². The van der Waals surface area contributed by atoms with Crippen LogP contribution in [0.3, 0.4) is 0 Å². The van der Waals surface area contributed by atoms with Crippen molar-refractivity contribution in [3.63, 3.8) is 0 Å². The molecule has 0 fully saturated rings. The van der Waals surface area contributed by atoms with Gasteiger partial charge in [0.05, 0.1) is 11.4 Å². The van der Waals surface area contributed by atoms with Crippen molar-refractivity contribution < 1.29 is 9.53 Å². The van der Waals surface area contributed by atoms with E-state index in [0.29, 0.717) is 0 Å². The molecule has 0 saturated carbocycles. The van der Waals surface area contributed by atoms with Crippen molar-refractivity contribution in [1.29, 1.82) is 0 Å². The fourth-order valence-electron chi connectivity index (χ4n) is 1.66. The van der Waals surface area contributed by atoms with Crippen LogP contribution in [0.5, 0.6) is 0 Å². The van der Waals surface area contributed by atoms with Crippen LogP contribution in [0.25, 0.3) is 0 Å². The second-order valence-corrected chi connectivity index (χ2v) is 4.21. The highest BCUT2D eigenvalue weighted by atomic mass is 16.6. The molecular weight excluding hydrogens is 254 g/mol. The summed E-state index contributed by atoms with van der Waals surface area (Å²) in [6.45, 7) is 1.76. The van der Waals surface area contributed by atoms with E-state index in [4.69, 9.17) is 10.5 Å². The third-order valence-electron chi connectivity index (χ3n) is 2.69. The standard InChI is InChI=1S/C15H15N3O2/c1-11(20-15(16)19)12-7-9-14(10-8-12)18-17-13-5-3-2-4-6-13/h2-11H,1H3,(H2,16,19). The second kappa shape index (κ2) is 6.47. The zero-order valence-corrected chi connectivity index (χ0v) is 11.1. The van der Waals surface area contributed by atoms with Crippen LogP contribution < -0.4 is 5.73 Å². The first-order valence-electron chi connectivity index (χ1n) is 6.18. The van der Waals surface area contributed by atoms with Crippen LogP contribution in [0.1, 0.15) is 18.6 Å². The molecule has 0 aliphatic heterocycles. The van der Waals surface area contributed by atoms with E-state index in [1.807, 2.05) is 54.6 Å². The van der Waals surface area contributed by atoms with Gasteiger partial charge >= 0.3 is 6.09 Å². The number of nitrogens with two attached hydrogens (primary N) is 1. The van der Waals surface area contributed by atoms with E-state index < -0.39 is 6.09 Å². The molecule has 1 amide bonds. The molecule has 1 unspecified atom stereocenters. The van der Waals surface area contributed by atoms with Crippen molar-refractivity contribution in [3.8, 4) is 0 Å². The van der Waals surface area contributed by atoms with Crippen LogP contribution in [-0.4, -0.2) is 6.09 Å². The lowest BCUT2D eigenvalue weighted by atomic mass is 10.1. The molecular formula is C15H15N3O2. The van der Waals surface area contributed by atoms with Gasteiger partial charge in [-0.15, -0.1) is 0 Å². The Labute approximate surface area is 117 Å². The largest absolute Gasteiger partial charge is 0.442 e. The topological polar surface area (TPSA) is 77.0 Å². The van der Waals surface area contributed by atoms with Crippen molar-refractivity contribution >= 4 is 17.5 Å². The van der Waals surface area contributed by atoms with Crippen molar-refractivity contribution in [3.05, 3.63) is 60.2 Å². The predicted molar refractivity (Wildman–Crippen MR) is 76.1 cm³/mol. The van der Waals surface area contributed by atoms with Crippen LogP contribution in [0, 0.1) is 0 Å². The average Bonchev–Trinajstić information content (AvgIpc) is 2.46. The van der Waals surface area contributed by atoms with E-state index in [2.05, 4.69) is 10.2 Å². The third-order valence-corrected chi connectivity index (χ3v) is 2.69. The quantitative estimate of drug-likeness (QED) is 0.842. The van der Waals surface area contributed by atoms with Gasteiger partial charge in [0, 0.05) is 0 Å². The molecule has 5 nitrogen and oxygen atoms in total. The molecule has 0 radical (unpaired) electrons. The molecule has 0 bridgehead atoms. The zero-order chi connectivity index (χ0) is 14.4. The lowest BCUT2D eigenvalue weighted by molar-refractivity contribution is 0.116. The average molecular weight is 269 g/mol. The molecule has 2 aromatic rings. The molecule has 0 aromatic heterocycles. The maximum Gasteiger partial charge on any atom is 0.405 e.